The van der Waals surface area contributed by atoms with E-state index in [1.165, 1.54) is 11.3 Å². The molecule has 0 aliphatic carbocycles. The Morgan fingerprint density at radius 2 is 2.38 bits per heavy atom. The highest BCUT2D eigenvalue weighted by molar-refractivity contribution is 7.19. The van der Waals surface area contributed by atoms with E-state index in [2.05, 4.69) is 20.5 Å². The predicted octanol–water partition coefficient (Wildman–Crippen LogP) is 1.02. The first kappa shape index (κ1) is 13.6. The maximum atomic E-state index is 12.3. The maximum Gasteiger partial charge on any atom is 0.246 e. The van der Waals surface area contributed by atoms with Crippen molar-refractivity contribution in [3.8, 4) is 16.6 Å². The Morgan fingerprint density at radius 3 is 3.05 bits per heavy atom. The lowest BCUT2D eigenvalue weighted by Crippen LogP contribution is -2.33. The molecule has 2 aromatic heterocycles. The molecular formula is C13H12N6OS. The summed E-state index contributed by atoms with van der Waals surface area (Å²) in [5, 5.41) is 20.3. The van der Waals surface area contributed by atoms with E-state index in [1.807, 2.05) is 12.3 Å². The molecule has 1 amide bonds. The van der Waals surface area contributed by atoms with Crippen LogP contribution in [0.1, 0.15) is 6.42 Å². The molecule has 1 aliphatic rings. The Bertz CT molecular complexity index is 673. The van der Waals surface area contributed by atoms with Gasteiger partial charge in [0.25, 0.3) is 0 Å². The molecule has 3 rings (SSSR count). The Labute approximate surface area is 125 Å². The highest BCUT2D eigenvalue weighted by atomic mass is 32.1. The van der Waals surface area contributed by atoms with E-state index in [-0.39, 0.29) is 11.8 Å². The van der Waals surface area contributed by atoms with Gasteiger partial charge in [-0.3, -0.25) is 4.79 Å². The molecule has 2 aromatic rings. The quantitative estimate of drug-likeness (QED) is 0.672. The molecular weight excluding hydrogens is 288 g/mol. The van der Waals surface area contributed by atoms with Gasteiger partial charge in [-0.25, -0.2) is 4.98 Å². The molecule has 1 atom stereocenters. The molecule has 0 spiro atoms. The van der Waals surface area contributed by atoms with Crippen molar-refractivity contribution >= 4 is 22.4 Å². The van der Waals surface area contributed by atoms with Crippen LogP contribution in [0.3, 0.4) is 0 Å². The molecule has 0 bridgehead atoms. The zero-order chi connectivity index (χ0) is 14.7. The van der Waals surface area contributed by atoms with Crippen molar-refractivity contribution in [2.75, 3.05) is 18.0 Å². The molecule has 7 nitrogen and oxygen atoms in total. The lowest BCUT2D eigenvalue weighted by molar-refractivity contribution is -0.121. The van der Waals surface area contributed by atoms with Gasteiger partial charge in [-0.15, -0.1) is 0 Å². The largest absolute Gasteiger partial charge is 0.316 e. The predicted molar refractivity (Wildman–Crippen MR) is 77.2 cm³/mol. The summed E-state index contributed by atoms with van der Waals surface area (Å²) in [6.45, 7) is 1.42. The highest BCUT2D eigenvalue weighted by Gasteiger charge is 2.29. The lowest BCUT2D eigenvalue weighted by Gasteiger charge is -2.14. The van der Waals surface area contributed by atoms with E-state index in [1.54, 1.807) is 18.6 Å². The average molecular weight is 300 g/mol. The van der Waals surface area contributed by atoms with Crippen molar-refractivity contribution in [1.29, 1.82) is 5.26 Å². The number of carbonyl (C=O) groups is 1. The molecule has 21 heavy (non-hydrogen) atoms. The van der Waals surface area contributed by atoms with Crippen molar-refractivity contribution in [3.63, 3.8) is 0 Å². The Balaban J connectivity index is 1.84. The Morgan fingerprint density at radius 1 is 1.48 bits per heavy atom. The normalized spacial score (nSPS) is 17.4. The summed E-state index contributed by atoms with van der Waals surface area (Å²) in [6.07, 6.45) is 7.54. The Hall–Kier alpha value is -2.37. The fourth-order valence-corrected chi connectivity index (χ4v) is 3.04. The second kappa shape index (κ2) is 5.95. The minimum atomic E-state index is -0.198. The summed E-state index contributed by atoms with van der Waals surface area (Å²) in [6, 6.07) is 1.81. The van der Waals surface area contributed by atoms with Crippen molar-refractivity contribution in [2.45, 2.75) is 6.42 Å². The van der Waals surface area contributed by atoms with Crippen LogP contribution in [0, 0.1) is 17.4 Å². The molecule has 0 saturated carbocycles. The van der Waals surface area contributed by atoms with Crippen LogP contribution in [-0.2, 0) is 4.79 Å². The van der Waals surface area contributed by atoms with E-state index in [4.69, 9.17) is 0 Å². The van der Waals surface area contributed by atoms with Gasteiger partial charge in [0.2, 0.25) is 11.0 Å². The summed E-state index contributed by atoms with van der Waals surface area (Å²) >= 11 is 1.29. The molecule has 1 N–H and O–H groups in total. The molecule has 1 saturated heterocycles. The number of carbonyl (C=O) groups excluding carboxylic acids is 1. The fraction of sp³-hybridized carbons (Fsp3) is 0.308. The third-order valence-electron chi connectivity index (χ3n) is 3.28. The second-order valence-corrected chi connectivity index (χ2v) is 5.61. The van der Waals surface area contributed by atoms with Crippen molar-refractivity contribution in [2.24, 2.45) is 5.92 Å². The molecule has 1 fully saturated rings. The van der Waals surface area contributed by atoms with E-state index < -0.39 is 0 Å². The summed E-state index contributed by atoms with van der Waals surface area (Å²) in [5.74, 6) is -0.351. The van der Waals surface area contributed by atoms with Gasteiger partial charge in [-0.1, -0.05) is 11.3 Å². The third-order valence-corrected chi connectivity index (χ3v) is 4.32. The van der Waals surface area contributed by atoms with Gasteiger partial charge < -0.3 is 5.32 Å². The Kier molecular flexibility index (Phi) is 3.85. The number of rotatable bonds is 3. The van der Waals surface area contributed by atoms with Crippen LogP contribution in [0.4, 0.5) is 5.13 Å². The number of nitrogens with one attached hydrogen (secondary N) is 1. The summed E-state index contributed by atoms with van der Waals surface area (Å²) in [5.41, 5.74) is 0.863. The first-order valence-electron chi connectivity index (χ1n) is 6.47. The van der Waals surface area contributed by atoms with Gasteiger partial charge in [-0.05, 0) is 19.0 Å². The first-order valence-corrected chi connectivity index (χ1v) is 7.28. The van der Waals surface area contributed by atoms with Crippen LogP contribution in [0.15, 0.2) is 24.7 Å². The number of anilines is 1. The molecule has 0 radical (unpaired) electrons. The number of aromatic nitrogens is 3. The SMILES string of the molecule is N#CN(C(=O)[C@H]1CCNC1)c1ncc(-c2ccnnc2)s1. The molecule has 3 heterocycles. The number of hydrogen-bond donors (Lipinski definition) is 1. The smallest absolute Gasteiger partial charge is 0.246 e. The van der Waals surface area contributed by atoms with Gasteiger partial charge in [-0.2, -0.15) is 20.4 Å². The van der Waals surface area contributed by atoms with Crippen LogP contribution in [-0.4, -0.2) is 34.2 Å². The summed E-state index contributed by atoms with van der Waals surface area (Å²) in [4.78, 5) is 18.4. The minimum absolute atomic E-state index is 0.153. The van der Waals surface area contributed by atoms with Crippen molar-refractivity contribution in [1.82, 2.24) is 20.5 Å². The number of thiazole rings is 1. The fourth-order valence-electron chi connectivity index (χ4n) is 2.17. The summed E-state index contributed by atoms with van der Waals surface area (Å²) in [7, 11) is 0. The number of amides is 1. The van der Waals surface area contributed by atoms with Gasteiger partial charge in [0.1, 0.15) is 0 Å². The number of hydrogen-bond acceptors (Lipinski definition) is 7. The molecule has 1 aliphatic heterocycles. The third kappa shape index (κ3) is 2.74. The minimum Gasteiger partial charge on any atom is -0.316 e. The monoisotopic (exact) mass is 300 g/mol. The zero-order valence-corrected chi connectivity index (χ0v) is 11.9. The van der Waals surface area contributed by atoms with Crippen LogP contribution in [0.5, 0.6) is 0 Å². The molecule has 106 valence electrons. The van der Waals surface area contributed by atoms with Gasteiger partial charge in [0.05, 0.1) is 23.2 Å². The van der Waals surface area contributed by atoms with Gasteiger partial charge in [0, 0.05) is 18.3 Å². The number of nitrogens with zero attached hydrogens (tertiary/aromatic N) is 5. The zero-order valence-electron chi connectivity index (χ0n) is 11.1. The van der Waals surface area contributed by atoms with E-state index in [0.717, 1.165) is 28.3 Å². The van der Waals surface area contributed by atoms with Crippen LogP contribution in [0.2, 0.25) is 0 Å². The highest BCUT2D eigenvalue weighted by Crippen LogP contribution is 2.31. The first-order chi connectivity index (χ1) is 10.3. The van der Waals surface area contributed by atoms with Crippen LogP contribution < -0.4 is 10.2 Å². The van der Waals surface area contributed by atoms with Crippen molar-refractivity contribution in [3.05, 3.63) is 24.7 Å². The summed E-state index contributed by atoms with van der Waals surface area (Å²) < 4.78 is 0. The van der Waals surface area contributed by atoms with Crippen LogP contribution >= 0.6 is 11.3 Å². The standard InChI is InChI=1S/C13H12N6OS/c14-8-19(12(20)10-1-3-15-5-10)13-16-7-11(21-13)9-2-4-17-18-6-9/h2,4,6-7,10,15H,1,3,5H2/t10-/m0/s1. The molecule has 0 unspecified atom stereocenters. The lowest BCUT2D eigenvalue weighted by atomic mass is 10.1. The topological polar surface area (TPSA) is 94.8 Å². The number of nitriles is 1. The molecule has 8 heteroatoms. The van der Waals surface area contributed by atoms with Crippen LogP contribution in [0.25, 0.3) is 10.4 Å². The van der Waals surface area contributed by atoms with Crippen molar-refractivity contribution < 1.29 is 4.79 Å². The van der Waals surface area contributed by atoms with E-state index >= 15 is 0 Å². The second-order valence-electron chi connectivity index (χ2n) is 4.60. The average Bonchev–Trinajstić information content (AvgIpc) is 3.21. The van der Waals surface area contributed by atoms with Gasteiger partial charge in [0.15, 0.2) is 6.19 Å². The van der Waals surface area contributed by atoms with E-state index in [0.29, 0.717) is 11.7 Å². The van der Waals surface area contributed by atoms with E-state index in [9.17, 15) is 10.1 Å². The van der Waals surface area contributed by atoms with Gasteiger partial charge >= 0.3 is 0 Å². The molecule has 0 aromatic carbocycles. The maximum absolute atomic E-state index is 12.3.